The average Bonchev–Trinajstić information content (AvgIpc) is 2.80. The molecule has 3 nitrogen and oxygen atoms in total. The molecule has 2 aromatic rings. The Hall–Kier alpha value is -2.03. The van der Waals surface area contributed by atoms with E-state index in [2.05, 4.69) is 0 Å². The summed E-state index contributed by atoms with van der Waals surface area (Å²) in [6.45, 7) is 4.36. The Labute approximate surface area is 101 Å². The summed E-state index contributed by atoms with van der Waals surface area (Å²) in [5.74, 6) is 1.29. The lowest BCUT2D eigenvalue weighted by Gasteiger charge is -2.01. The summed E-state index contributed by atoms with van der Waals surface area (Å²) in [4.78, 5) is 0. The third-order valence-electron chi connectivity index (χ3n) is 2.45. The lowest BCUT2D eigenvalue weighted by molar-refractivity contribution is 0.316. The molecule has 0 unspecified atom stereocenters. The fraction of sp³-hybridized carbons (Fsp3) is 0.214. The number of hydrogen-bond donors (Lipinski definition) is 1. The van der Waals surface area contributed by atoms with Crippen LogP contribution in [-0.2, 0) is 4.74 Å². The Kier molecular flexibility index (Phi) is 3.28. The van der Waals surface area contributed by atoms with Crippen LogP contribution in [0.1, 0.15) is 18.2 Å². The molecule has 17 heavy (non-hydrogen) atoms. The first-order chi connectivity index (χ1) is 8.20. The zero-order valence-corrected chi connectivity index (χ0v) is 9.99. The summed E-state index contributed by atoms with van der Waals surface area (Å²) in [6, 6.07) is 11.7. The molecule has 1 aromatic carbocycles. The lowest BCUT2D eigenvalue weighted by Crippen LogP contribution is -2.02. The van der Waals surface area contributed by atoms with E-state index in [0.717, 1.165) is 11.3 Å². The van der Waals surface area contributed by atoms with Gasteiger partial charge in [0, 0.05) is 5.56 Å². The molecule has 1 aromatic heterocycles. The fourth-order valence-electron chi connectivity index (χ4n) is 1.55. The number of aryl methyl sites for hydroxylation is 1. The van der Waals surface area contributed by atoms with Crippen molar-refractivity contribution in [1.29, 1.82) is 5.41 Å². The van der Waals surface area contributed by atoms with Gasteiger partial charge >= 0.3 is 0 Å². The molecule has 0 amide bonds. The van der Waals surface area contributed by atoms with Crippen LogP contribution in [-0.4, -0.2) is 12.5 Å². The lowest BCUT2D eigenvalue weighted by atomic mass is 10.1. The van der Waals surface area contributed by atoms with Crippen LogP contribution in [0.3, 0.4) is 0 Å². The van der Waals surface area contributed by atoms with Gasteiger partial charge in [-0.15, -0.1) is 0 Å². The number of ether oxygens (including phenoxy) is 1. The van der Waals surface area contributed by atoms with Gasteiger partial charge in [0.15, 0.2) is 5.76 Å². The maximum absolute atomic E-state index is 7.62. The van der Waals surface area contributed by atoms with Crippen molar-refractivity contribution in [2.45, 2.75) is 13.8 Å². The molecule has 0 fully saturated rings. The predicted octanol–water partition coefficient (Wildman–Crippen LogP) is 3.62. The van der Waals surface area contributed by atoms with Gasteiger partial charge in [-0.3, -0.25) is 5.41 Å². The number of furan rings is 1. The summed E-state index contributed by atoms with van der Waals surface area (Å²) in [5.41, 5.74) is 2.22. The van der Waals surface area contributed by atoms with E-state index >= 15 is 0 Å². The van der Waals surface area contributed by atoms with Crippen LogP contribution in [0, 0.1) is 12.3 Å². The zero-order valence-electron chi connectivity index (χ0n) is 9.99. The minimum absolute atomic E-state index is 0.0749. The molecule has 0 radical (unpaired) electrons. The normalized spacial score (nSPS) is 10.2. The first-order valence-corrected chi connectivity index (χ1v) is 5.59. The highest BCUT2D eigenvalue weighted by Crippen LogP contribution is 2.22. The third kappa shape index (κ3) is 2.56. The zero-order chi connectivity index (χ0) is 12.3. The van der Waals surface area contributed by atoms with Crippen molar-refractivity contribution >= 4 is 5.90 Å². The molecule has 3 heteroatoms. The number of rotatable bonds is 3. The van der Waals surface area contributed by atoms with E-state index in [1.54, 1.807) is 6.07 Å². The van der Waals surface area contributed by atoms with Crippen molar-refractivity contribution in [3.05, 3.63) is 47.7 Å². The Balaban J connectivity index is 2.23. The summed E-state index contributed by atoms with van der Waals surface area (Å²) in [5, 5.41) is 7.62. The molecule has 0 spiro atoms. The summed E-state index contributed by atoms with van der Waals surface area (Å²) >= 11 is 0. The standard InChI is InChI=1S/C14H15NO2/c1-3-16-14(15)13-9-8-12(17-13)11-6-4-10(2)5-7-11/h4-9,15H,3H2,1-2H3. The summed E-state index contributed by atoms with van der Waals surface area (Å²) in [7, 11) is 0. The predicted molar refractivity (Wildman–Crippen MR) is 67.3 cm³/mol. The molecule has 0 atom stereocenters. The molecular weight excluding hydrogens is 214 g/mol. The maximum Gasteiger partial charge on any atom is 0.250 e. The molecule has 0 saturated heterocycles. The van der Waals surface area contributed by atoms with Gasteiger partial charge in [-0.25, -0.2) is 0 Å². The van der Waals surface area contributed by atoms with Gasteiger partial charge in [0.1, 0.15) is 5.76 Å². The van der Waals surface area contributed by atoms with Crippen LogP contribution in [0.25, 0.3) is 11.3 Å². The largest absolute Gasteiger partial charge is 0.476 e. The Morgan fingerprint density at radius 3 is 2.53 bits per heavy atom. The Morgan fingerprint density at radius 2 is 1.88 bits per heavy atom. The van der Waals surface area contributed by atoms with Crippen LogP contribution < -0.4 is 0 Å². The molecule has 1 heterocycles. The highest BCUT2D eigenvalue weighted by molar-refractivity contribution is 5.89. The van der Waals surface area contributed by atoms with Gasteiger partial charge in [-0.2, -0.15) is 0 Å². The van der Waals surface area contributed by atoms with E-state index in [1.807, 2.05) is 44.2 Å². The summed E-state index contributed by atoms with van der Waals surface area (Å²) in [6.07, 6.45) is 0. The minimum Gasteiger partial charge on any atom is -0.476 e. The van der Waals surface area contributed by atoms with Crippen molar-refractivity contribution in [2.24, 2.45) is 0 Å². The van der Waals surface area contributed by atoms with Gasteiger partial charge in [0.25, 0.3) is 0 Å². The van der Waals surface area contributed by atoms with Crippen molar-refractivity contribution in [3.63, 3.8) is 0 Å². The van der Waals surface area contributed by atoms with Crippen molar-refractivity contribution in [2.75, 3.05) is 6.61 Å². The molecular formula is C14H15NO2. The minimum atomic E-state index is 0.0749. The van der Waals surface area contributed by atoms with E-state index in [-0.39, 0.29) is 5.90 Å². The quantitative estimate of drug-likeness (QED) is 0.645. The van der Waals surface area contributed by atoms with Gasteiger partial charge in [-0.05, 0) is 26.0 Å². The van der Waals surface area contributed by atoms with Crippen molar-refractivity contribution in [3.8, 4) is 11.3 Å². The smallest absolute Gasteiger partial charge is 0.250 e. The van der Waals surface area contributed by atoms with Crippen LogP contribution in [0.4, 0.5) is 0 Å². The Morgan fingerprint density at radius 1 is 1.18 bits per heavy atom. The van der Waals surface area contributed by atoms with Crippen molar-refractivity contribution < 1.29 is 9.15 Å². The first kappa shape index (κ1) is 11.5. The maximum atomic E-state index is 7.62. The van der Waals surface area contributed by atoms with Crippen LogP contribution >= 0.6 is 0 Å². The monoisotopic (exact) mass is 229 g/mol. The molecule has 0 aliphatic rings. The van der Waals surface area contributed by atoms with Crippen LogP contribution in [0.2, 0.25) is 0 Å². The molecule has 1 N–H and O–H groups in total. The van der Waals surface area contributed by atoms with Gasteiger partial charge in [-0.1, -0.05) is 29.8 Å². The second kappa shape index (κ2) is 4.87. The number of nitrogens with one attached hydrogen (secondary N) is 1. The molecule has 0 aliphatic heterocycles. The molecule has 2 rings (SSSR count). The number of hydrogen-bond acceptors (Lipinski definition) is 3. The molecule has 0 bridgehead atoms. The highest BCUT2D eigenvalue weighted by atomic mass is 16.5. The second-order valence-electron chi connectivity index (χ2n) is 3.79. The average molecular weight is 229 g/mol. The van der Waals surface area contributed by atoms with E-state index in [4.69, 9.17) is 14.6 Å². The molecule has 0 aliphatic carbocycles. The van der Waals surface area contributed by atoms with Crippen LogP contribution in [0.5, 0.6) is 0 Å². The van der Waals surface area contributed by atoms with E-state index in [0.29, 0.717) is 12.4 Å². The van der Waals surface area contributed by atoms with Gasteiger partial charge in [0.05, 0.1) is 6.61 Å². The SMILES string of the molecule is CCOC(=N)c1ccc(-c2ccc(C)cc2)o1. The van der Waals surface area contributed by atoms with E-state index < -0.39 is 0 Å². The van der Waals surface area contributed by atoms with Crippen molar-refractivity contribution in [1.82, 2.24) is 0 Å². The van der Waals surface area contributed by atoms with Gasteiger partial charge < -0.3 is 9.15 Å². The van der Waals surface area contributed by atoms with Gasteiger partial charge in [0.2, 0.25) is 5.90 Å². The first-order valence-electron chi connectivity index (χ1n) is 5.59. The van der Waals surface area contributed by atoms with E-state index in [1.165, 1.54) is 5.56 Å². The molecule has 0 saturated carbocycles. The number of benzene rings is 1. The third-order valence-corrected chi connectivity index (χ3v) is 2.45. The second-order valence-corrected chi connectivity index (χ2v) is 3.79. The topological polar surface area (TPSA) is 46.2 Å². The van der Waals surface area contributed by atoms with E-state index in [9.17, 15) is 0 Å². The Bertz CT molecular complexity index is 511. The van der Waals surface area contributed by atoms with Crippen LogP contribution in [0.15, 0.2) is 40.8 Å². The highest BCUT2D eigenvalue weighted by Gasteiger charge is 2.09. The summed E-state index contributed by atoms with van der Waals surface area (Å²) < 4.78 is 10.7. The fourth-order valence-corrected chi connectivity index (χ4v) is 1.55. The molecule has 88 valence electrons.